The molecule has 5 heteroatoms. The van der Waals surface area contributed by atoms with Gasteiger partial charge >= 0.3 is 0 Å². The molecule has 0 aliphatic heterocycles. The number of ether oxygens (including phenoxy) is 1. The molecule has 26 heavy (non-hydrogen) atoms. The number of hydrogen-bond acceptors (Lipinski definition) is 4. The van der Waals surface area contributed by atoms with Crippen molar-refractivity contribution in [1.29, 1.82) is 0 Å². The summed E-state index contributed by atoms with van der Waals surface area (Å²) in [7, 11) is 0. The summed E-state index contributed by atoms with van der Waals surface area (Å²) in [6.07, 6.45) is 0. The van der Waals surface area contributed by atoms with E-state index < -0.39 is 0 Å². The zero-order valence-corrected chi connectivity index (χ0v) is 15.8. The third-order valence-corrected chi connectivity index (χ3v) is 4.59. The standard InChI is InChI=1S/C21H22N2O2S/c1-15(2)13-25-18-10-6-9-17(11-18)21-23-19(14-26-21)20(24)22-12-16-7-4-3-5-8-16/h3-11,14-15H,12-13H2,1-2H3,(H,22,24). The van der Waals surface area contributed by atoms with Gasteiger partial charge in [0.15, 0.2) is 0 Å². The van der Waals surface area contributed by atoms with E-state index >= 15 is 0 Å². The molecule has 1 aromatic heterocycles. The summed E-state index contributed by atoms with van der Waals surface area (Å²) in [6, 6.07) is 17.7. The van der Waals surface area contributed by atoms with E-state index in [-0.39, 0.29) is 5.91 Å². The molecule has 1 heterocycles. The Morgan fingerprint density at radius 1 is 1.15 bits per heavy atom. The first-order valence-corrected chi connectivity index (χ1v) is 9.50. The zero-order chi connectivity index (χ0) is 18.4. The van der Waals surface area contributed by atoms with E-state index in [1.807, 2.05) is 54.6 Å². The van der Waals surface area contributed by atoms with Crippen LogP contribution in [0.25, 0.3) is 10.6 Å². The molecule has 134 valence electrons. The van der Waals surface area contributed by atoms with Crippen LogP contribution in [0.15, 0.2) is 60.0 Å². The van der Waals surface area contributed by atoms with Crippen LogP contribution in [0.5, 0.6) is 5.75 Å². The van der Waals surface area contributed by atoms with Crippen LogP contribution in [0.2, 0.25) is 0 Å². The zero-order valence-electron chi connectivity index (χ0n) is 14.9. The molecule has 0 saturated carbocycles. The molecule has 4 nitrogen and oxygen atoms in total. The highest BCUT2D eigenvalue weighted by Crippen LogP contribution is 2.27. The first kappa shape index (κ1) is 18.1. The molecular formula is C21H22N2O2S. The molecule has 0 fully saturated rings. The minimum absolute atomic E-state index is 0.163. The lowest BCUT2D eigenvalue weighted by Crippen LogP contribution is -2.23. The average molecular weight is 366 g/mol. The van der Waals surface area contributed by atoms with Crippen molar-refractivity contribution in [3.05, 3.63) is 71.2 Å². The molecule has 3 aromatic rings. The molecule has 1 N–H and O–H groups in total. The van der Waals surface area contributed by atoms with Crippen molar-refractivity contribution < 1.29 is 9.53 Å². The minimum atomic E-state index is -0.163. The van der Waals surface area contributed by atoms with Crippen LogP contribution in [0, 0.1) is 5.92 Å². The van der Waals surface area contributed by atoms with Gasteiger partial charge in [-0.15, -0.1) is 11.3 Å². The monoisotopic (exact) mass is 366 g/mol. The molecule has 0 bridgehead atoms. The smallest absolute Gasteiger partial charge is 0.271 e. The van der Waals surface area contributed by atoms with E-state index in [4.69, 9.17) is 4.74 Å². The van der Waals surface area contributed by atoms with Crippen LogP contribution in [0.3, 0.4) is 0 Å². The number of thiazole rings is 1. The van der Waals surface area contributed by atoms with Gasteiger partial charge in [-0.3, -0.25) is 4.79 Å². The van der Waals surface area contributed by atoms with Gasteiger partial charge in [0, 0.05) is 17.5 Å². The second-order valence-electron chi connectivity index (χ2n) is 6.44. The first-order chi connectivity index (χ1) is 12.6. The number of nitrogens with zero attached hydrogens (tertiary/aromatic N) is 1. The molecule has 0 spiro atoms. The summed E-state index contributed by atoms with van der Waals surface area (Å²) in [4.78, 5) is 16.8. The Bertz CT molecular complexity index is 859. The van der Waals surface area contributed by atoms with Gasteiger partial charge in [-0.2, -0.15) is 0 Å². The summed E-state index contributed by atoms with van der Waals surface area (Å²) in [5.74, 6) is 1.13. The second kappa shape index (κ2) is 8.63. The van der Waals surface area contributed by atoms with Gasteiger partial charge in [0.05, 0.1) is 6.61 Å². The molecule has 0 unspecified atom stereocenters. The van der Waals surface area contributed by atoms with Gasteiger partial charge in [0.1, 0.15) is 16.5 Å². The number of nitrogens with one attached hydrogen (secondary N) is 1. The predicted octanol–water partition coefficient (Wildman–Crippen LogP) is 4.77. The maximum absolute atomic E-state index is 12.3. The highest BCUT2D eigenvalue weighted by Gasteiger charge is 2.12. The van der Waals surface area contributed by atoms with E-state index in [1.165, 1.54) is 11.3 Å². The van der Waals surface area contributed by atoms with Gasteiger partial charge < -0.3 is 10.1 Å². The fourth-order valence-electron chi connectivity index (χ4n) is 2.36. The summed E-state index contributed by atoms with van der Waals surface area (Å²) in [5, 5.41) is 5.50. The number of benzene rings is 2. The summed E-state index contributed by atoms with van der Waals surface area (Å²) >= 11 is 1.46. The number of carbonyl (C=O) groups is 1. The molecule has 2 aromatic carbocycles. The van der Waals surface area contributed by atoms with E-state index in [0.29, 0.717) is 24.8 Å². The Labute approximate surface area is 157 Å². The van der Waals surface area contributed by atoms with Crippen LogP contribution >= 0.6 is 11.3 Å². The third-order valence-electron chi connectivity index (χ3n) is 3.70. The second-order valence-corrected chi connectivity index (χ2v) is 7.30. The Morgan fingerprint density at radius 3 is 2.73 bits per heavy atom. The molecular weight excluding hydrogens is 344 g/mol. The largest absolute Gasteiger partial charge is 0.493 e. The van der Waals surface area contributed by atoms with E-state index in [1.54, 1.807) is 5.38 Å². The Balaban J connectivity index is 1.65. The topological polar surface area (TPSA) is 51.2 Å². The number of hydrogen-bond donors (Lipinski definition) is 1. The van der Waals surface area contributed by atoms with E-state index in [0.717, 1.165) is 21.9 Å². The number of rotatable bonds is 7. The Kier molecular flexibility index (Phi) is 6.02. The highest BCUT2D eigenvalue weighted by molar-refractivity contribution is 7.13. The van der Waals surface area contributed by atoms with Crippen molar-refractivity contribution in [2.24, 2.45) is 5.92 Å². The van der Waals surface area contributed by atoms with Crippen molar-refractivity contribution in [2.75, 3.05) is 6.61 Å². The van der Waals surface area contributed by atoms with Crippen molar-refractivity contribution in [1.82, 2.24) is 10.3 Å². The minimum Gasteiger partial charge on any atom is -0.493 e. The third kappa shape index (κ3) is 4.92. The van der Waals surface area contributed by atoms with Gasteiger partial charge in [-0.25, -0.2) is 4.98 Å². The van der Waals surface area contributed by atoms with E-state index in [2.05, 4.69) is 24.1 Å². The Morgan fingerprint density at radius 2 is 1.96 bits per heavy atom. The summed E-state index contributed by atoms with van der Waals surface area (Å²) in [5.41, 5.74) is 2.46. The van der Waals surface area contributed by atoms with Crippen LogP contribution in [0.1, 0.15) is 29.9 Å². The molecule has 0 atom stereocenters. The molecule has 0 aliphatic rings. The maximum atomic E-state index is 12.3. The Hall–Kier alpha value is -2.66. The van der Waals surface area contributed by atoms with Crippen LogP contribution in [-0.2, 0) is 6.54 Å². The molecule has 1 amide bonds. The lowest BCUT2D eigenvalue weighted by Gasteiger charge is -2.09. The molecule has 3 rings (SSSR count). The first-order valence-electron chi connectivity index (χ1n) is 8.62. The molecule has 0 radical (unpaired) electrons. The van der Waals surface area contributed by atoms with Gasteiger partial charge in [0.25, 0.3) is 5.91 Å². The van der Waals surface area contributed by atoms with Crippen LogP contribution < -0.4 is 10.1 Å². The highest BCUT2D eigenvalue weighted by atomic mass is 32.1. The quantitative estimate of drug-likeness (QED) is 0.655. The SMILES string of the molecule is CC(C)COc1cccc(-c2nc(C(=O)NCc3ccccc3)cs2)c1. The lowest BCUT2D eigenvalue weighted by atomic mass is 10.2. The summed E-state index contributed by atoms with van der Waals surface area (Å²) in [6.45, 7) is 5.40. The fraction of sp³-hybridized carbons (Fsp3) is 0.238. The van der Waals surface area contributed by atoms with Crippen molar-refractivity contribution in [3.8, 4) is 16.3 Å². The van der Waals surface area contributed by atoms with E-state index in [9.17, 15) is 4.79 Å². The maximum Gasteiger partial charge on any atom is 0.271 e. The van der Waals surface area contributed by atoms with Crippen LogP contribution in [-0.4, -0.2) is 17.5 Å². The lowest BCUT2D eigenvalue weighted by molar-refractivity contribution is 0.0946. The van der Waals surface area contributed by atoms with Crippen LogP contribution in [0.4, 0.5) is 0 Å². The van der Waals surface area contributed by atoms with Crippen molar-refractivity contribution in [3.63, 3.8) is 0 Å². The molecule has 0 saturated heterocycles. The fourth-order valence-corrected chi connectivity index (χ4v) is 3.16. The average Bonchev–Trinajstić information content (AvgIpc) is 3.16. The van der Waals surface area contributed by atoms with Crippen molar-refractivity contribution >= 4 is 17.2 Å². The van der Waals surface area contributed by atoms with Gasteiger partial charge in [-0.1, -0.05) is 56.3 Å². The predicted molar refractivity (Wildman–Crippen MR) is 105 cm³/mol. The summed E-state index contributed by atoms with van der Waals surface area (Å²) < 4.78 is 5.77. The number of carbonyl (C=O) groups excluding carboxylic acids is 1. The normalized spacial score (nSPS) is 10.7. The van der Waals surface area contributed by atoms with Gasteiger partial charge in [0.2, 0.25) is 0 Å². The number of amides is 1. The van der Waals surface area contributed by atoms with Crippen molar-refractivity contribution in [2.45, 2.75) is 20.4 Å². The van der Waals surface area contributed by atoms with Gasteiger partial charge in [-0.05, 0) is 23.6 Å². The molecule has 0 aliphatic carbocycles. The number of aromatic nitrogens is 1.